The maximum atomic E-state index is 14.5. The van der Waals surface area contributed by atoms with Crippen molar-refractivity contribution in [3.05, 3.63) is 83.8 Å². The smallest absolute Gasteiger partial charge is 0.264 e. The zero-order chi connectivity index (χ0) is 38.9. The lowest BCUT2D eigenvalue weighted by Gasteiger charge is -2.36. The first-order valence-electron chi connectivity index (χ1n) is 18.6. The molecule has 3 aromatic carbocycles. The number of aromatic amines is 1. The molecule has 1 atom stereocenters. The third kappa shape index (κ3) is 6.89. The number of piperazine rings is 1. The van der Waals surface area contributed by atoms with Crippen LogP contribution in [0.2, 0.25) is 0 Å². The zero-order valence-corrected chi connectivity index (χ0v) is 30.3. The van der Waals surface area contributed by atoms with Crippen LogP contribution in [0.1, 0.15) is 59.2 Å². The number of carbonyl (C=O) groups is 5. The van der Waals surface area contributed by atoms with Crippen molar-refractivity contribution in [2.24, 2.45) is 0 Å². The molecule has 0 saturated carbocycles. The van der Waals surface area contributed by atoms with Crippen molar-refractivity contribution in [1.29, 1.82) is 0 Å². The number of halogens is 1. The highest BCUT2D eigenvalue weighted by molar-refractivity contribution is 6.25. The Bertz CT molecular complexity index is 2350. The van der Waals surface area contributed by atoms with Crippen LogP contribution in [-0.2, 0) is 14.4 Å². The van der Waals surface area contributed by atoms with Gasteiger partial charge in [0.05, 0.1) is 22.9 Å². The first kappa shape index (κ1) is 36.3. The Balaban J connectivity index is 0.792. The summed E-state index contributed by atoms with van der Waals surface area (Å²) in [7, 11) is 0. The van der Waals surface area contributed by atoms with Crippen LogP contribution in [0.5, 0.6) is 5.75 Å². The number of carbonyl (C=O) groups excluding carboxylic acids is 5. The number of fused-ring (bicyclic) bond motifs is 2. The van der Waals surface area contributed by atoms with E-state index in [4.69, 9.17) is 0 Å². The minimum absolute atomic E-state index is 0.0591. The molecule has 5 amide bonds. The molecule has 1 unspecified atom stereocenters. The fourth-order valence-corrected chi connectivity index (χ4v) is 7.53. The number of aromatic hydroxyl groups is 1. The van der Waals surface area contributed by atoms with Crippen LogP contribution in [0.25, 0.3) is 33.7 Å². The van der Waals surface area contributed by atoms with E-state index >= 15 is 0 Å². The Morgan fingerprint density at radius 3 is 2.46 bits per heavy atom. The fraction of sp³-hybridized carbons (Fsp3) is 0.300. The molecule has 56 heavy (non-hydrogen) atoms. The van der Waals surface area contributed by atoms with Crippen molar-refractivity contribution in [2.45, 2.75) is 44.6 Å². The predicted octanol–water partition coefficient (Wildman–Crippen LogP) is 4.25. The second kappa shape index (κ2) is 15.2. The number of anilines is 2. The highest BCUT2D eigenvalue weighted by Crippen LogP contribution is 2.34. The summed E-state index contributed by atoms with van der Waals surface area (Å²) in [6.07, 6.45) is 4.36. The van der Waals surface area contributed by atoms with Gasteiger partial charge < -0.3 is 20.2 Å². The van der Waals surface area contributed by atoms with Gasteiger partial charge in [0.15, 0.2) is 5.82 Å². The molecule has 8 rings (SSSR count). The largest absolute Gasteiger partial charge is 0.507 e. The second-order valence-electron chi connectivity index (χ2n) is 14.0. The number of phenolic OH excluding ortho intramolecular Hbond substituents is 1. The Kier molecular flexibility index (Phi) is 9.85. The number of amides is 5. The normalized spacial score (nSPS) is 17.1. The topological polar surface area (TPSA) is 194 Å². The van der Waals surface area contributed by atoms with E-state index in [0.29, 0.717) is 68.0 Å². The molecule has 0 aliphatic carbocycles. The molecule has 5 aromatic rings. The fourth-order valence-electron chi connectivity index (χ4n) is 7.53. The summed E-state index contributed by atoms with van der Waals surface area (Å²) in [5.41, 5.74) is 4.37. The quantitative estimate of drug-likeness (QED) is 0.111. The van der Waals surface area contributed by atoms with Gasteiger partial charge in [-0.1, -0.05) is 30.7 Å². The van der Waals surface area contributed by atoms with Crippen LogP contribution in [0.4, 0.5) is 15.8 Å². The van der Waals surface area contributed by atoms with E-state index in [9.17, 15) is 33.5 Å². The highest BCUT2D eigenvalue weighted by atomic mass is 19.1. The lowest BCUT2D eigenvalue weighted by atomic mass is 10.0. The molecule has 2 fully saturated rings. The molecule has 0 radical (unpaired) electrons. The SMILES string of the molecule is O=C1CCC(N2C(=O)c3cccc(NCCCCCC(=O)N4CCN(c5ccc(-c6n[nH]c7cnc(-c8c(O)cccc8F)nc67)cc5)CC4)c3C2=O)C(=O)N1. The third-order valence-corrected chi connectivity index (χ3v) is 10.5. The standard InChI is InChI=1S/C40H38FN9O6/c41-26-7-5-9-30(51)34(26)37-43-22-28-36(45-37)35(47-46-28)23-11-13-24(14-12-23)48-18-20-49(21-19-48)32(53)10-2-1-3-17-42-27-8-4-6-25-33(27)40(56)50(39(25)55)29-15-16-31(52)44-38(29)54/h4-9,11-14,22,29,42,51H,1-3,10,15-21H2,(H,46,47)(H,44,52,54). The molecular weight excluding hydrogens is 721 g/mol. The molecule has 3 aliphatic rings. The van der Waals surface area contributed by atoms with Gasteiger partial charge in [0.1, 0.15) is 34.3 Å². The number of benzene rings is 3. The third-order valence-electron chi connectivity index (χ3n) is 10.5. The first-order valence-corrected chi connectivity index (χ1v) is 18.6. The lowest BCUT2D eigenvalue weighted by molar-refractivity contribution is -0.136. The molecule has 4 N–H and O–H groups in total. The van der Waals surface area contributed by atoms with Crippen LogP contribution in [-0.4, -0.2) is 103 Å². The number of nitrogens with one attached hydrogen (secondary N) is 3. The molecule has 2 saturated heterocycles. The number of H-pyrrole nitrogens is 1. The van der Waals surface area contributed by atoms with E-state index in [-0.39, 0.29) is 47.0 Å². The first-order chi connectivity index (χ1) is 27.2. The van der Waals surface area contributed by atoms with Gasteiger partial charge in [-0.3, -0.25) is 39.3 Å². The van der Waals surface area contributed by atoms with Crippen molar-refractivity contribution in [3.8, 4) is 28.4 Å². The van der Waals surface area contributed by atoms with Crippen molar-refractivity contribution in [1.82, 2.24) is 35.3 Å². The summed E-state index contributed by atoms with van der Waals surface area (Å²) in [6.45, 7) is 3.12. The lowest BCUT2D eigenvalue weighted by Crippen LogP contribution is -2.54. The number of rotatable bonds is 11. The average molecular weight is 760 g/mol. The van der Waals surface area contributed by atoms with Crippen molar-refractivity contribution in [2.75, 3.05) is 42.9 Å². The van der Waals surface area contributed by atoms with Gasteiger partial charge in [0.2, 0.25) is 17.7 Å². The van der Waals surface area contributed by atoms with Crippen LogP contribution >= 0.6 is 0 Å². The van der Waals surface area contributed by atoms with E-state index in [2.05, 4.69) is 35.7 Å². The molecule has 0 spiro atoms. The number of nitrogens with zero attached hydrogens (tertiary/aromatic N) is 6. The van der Waals surface area contributed by atoms with E-state index in [1.165, 1.54) is 24.4 Å². The Labute approximate surface area is 319 Å². The molecule has 2 aromatic heterocycles. The van der Waals surface area contributed by atoms with E-state index in [1.54, 1.807) is 18.2 Å². The molecule has 15 nitrogen and oxygen atoms in total. The van der Waals surface area contributed by atoms with Crippen molar-refractivity contribution < 1.29 is 33.5 Å². The predicted molar refractivity (Wildman–Crippen MR) is 203 cm³/mol. The van der Waals surface area contributed by atoms with Crippen LogP contribution in [0.15, 0.2) is 66.9 Å². The average Bonchev–Trinajstić information content (AvgIpc) is 3.74. The second-order valence-corrected chi connectivity index (χ2v) is 14.0. The number of aromatic nitrogens is 4. The summed E-state index contributed by atoms with van der Waals surface area (Å²) < 4.78 is 14.5. The minimum Gasteiger partial charge on any atom is -0.507 e. The van der Waals surface area contributed by atoms with Gasteiger partial charge in [-0.05, 0) is 55.7 Å². The van der Waals surface area contributed by atoms with Crippen molar-refractivity contribution in [3.63, 3.8) is 0 Å². The Hall–Kier alpha value is -6.71. The van der Waals surface area contributed by atoms with E-state index in [1.807, 2.05) is 29.2 Å². The van der Waals surface area contributed by atoms with E-state index < -0.39 is 35.5 Å². The number of phenols is 1. The monoisotopic (exact) mass is 759 g/mol. The molecule has 286 valence electrons. The number of hydrogen-bond acceptors (Lipinski definition) is 11. The Morgan fingerprint density at radius 1 is 0.911 bits per heavy atom. The highest BCUT2D eigenvalue weighted by Gasteiger charge is 2.45. The van der Waals surface area contributed by atoms with Gasteiger partial charge in [-0.15, -0.1) is 0 Å². The van der Waals surface area contributed by atoms with Crippen LogP contribution in [0, 0.1) is 5.82 Å². The van der Waals surface area contributed by atoms with Gasteiger partial charge in [0, 0.05) is 62.5 Å². The minimum atomic E-state index is -1.02. The van der Waals surface area contributed by atoms with Gasteiger partial charge in [0.25, 0.3) is 11.8 Å². The Morgan fingerprint density at radius 2 is 1.70 bits per heavy atom. The summed E-state index contributed by atoms with van der Waals surface area (Å²) in [5, 5.41) is 23.0. The van der Waals surface area contributed by atoms with Gasteiger partial charge in [-0.2, -0.15) is 5.10 Å². The van der Waals surface area contributed by atoms with Crippen LogP contribution < -0.4 is 15.5 Å². The summed E-state index contributed by atoms with van der Waals surface area (Å²) >= 11 is 0. The molecular formula is C40H38FN9O6. The number of unbranched alkanes of at least 4 members (excludes halogenated alkanes) is 2. The molecule has 16 heteroatoms. The molecule has 3 aliphatic heterocycles. The maximum Gasteiger partial charge on any atom is 0.264 e. The van der Waals surface area contributed by atoms with Crippen molar-refractivity contribution >= 4 is 51.9 Å². The van der Waals surface area contributed by atoms with E-state index in [0.717, 1.165) is 29.0 Å². The van der Waals surface area contributed by atoms with Crippen LogP contribution in [0.3, 0.4) is 0 Å². The van der Waals surface area contributed by atoms with Gasteiger partial charge >= 0.3 is 0 Å². The molecule has 5 heterocycles. The number of imide groups is 2. The maximum absolute atomic E-state index is 14.5. The molecule has 0 bridgehead atoms. The summed E-state index contributed by atoms with van der Waals surface area (Å²) in [6, 6.07) is 15.9. The number of hydrogen-bond donors (Lipinski definition) is 4. The summed E-state index contributed by atoms with van der Waals surface area (Å²) in [4.78, 5) is 77.2. The summed E-state index contributed by atoms with van der Waals surface area (Å²) in [5.74, 6) is -2.86. The van der Waals surface area contributed by atoms with Gasteiger partial charge in [-0.25, -0.2) is 14.4 Å². The number of piperidine rings is 1. The zero-order valence-electron chi connectivity index (χ0n) is 30.3.